The second-order valence-corrected chi connectivity index (χ2v) is 18.3. The van der Waals surface area contributed by atoms with E-state index in [9.17, 15) is 38.4 Å². The van der Waals surface area contributed by atoms with Crippen molar-refractivity contribution in [3.8, 4) is 0 Å². The quantitative estimate of drug-likeness (QED) is 0.0638. The van der Waals surface area contributed by atoms with Gasteiger partial charge >= 0.3 is 33.0 Å². The van der Waals surface area contributed by atoms with Gasteiger partial charge in [-0.1, -0.05) is 124 Å². The van der Waals surface area contributed by atoms with Gasteiger partial charge in [-0.3, -0.25) is 28.8 Å². The van der Waals surface area contributed by atoms with Crippen LogP contribution in [0.15, 0.2) is 53.6 Å². The van der Waals surface area contributed by atoms with Gasteiger partial charge in [0, 0.05) is 38.4 Å². The molecule has 0 bridgehead atoms. The molecular formula is C54H88N6O11W. The van der Waals surface area contributed by atoms with Crippen LogP contribution in [0.4, 0.5) is 4.79 Å². The van der Waals surface area contributed by atoms with E-state index in [0.717, 1.165) is 16.9 Å². The van der Waals surface area contributed by atoms with Gasteiger partial charge in [-0.2, -0.15) is 6.42 Å². The normalized spacial score (nSPS) is 24.9. The molecule has 2 rings (SSSR count). The number of benzene rings is 1. The molecule has 1 aromatic carbocycles. The molecule has 0 spiro atoms. The van der Waals surface area contributed by atoms with Gasteiger partial charge in [0.1, 0.15) is 36.4 Å². The number of hydrogen-bond donors (Lipinski definition) is 3. The predicted octanol–water partition coefficient (Wildman–Crippen LogP) is 7.81. The third kappa shape index (κ3) is 24.1. The maximum absolute atomic E-state index is 14.2. The SMILES string of the molecule is C/C=C(\C)[C@H]1OC(=O)[C@@H](C)NC(=O)[C@H](C(C)CC)NC(=O)CN(C)C(=O)[C@@H](Cc2ccccc2)N(C)C(=O)[C@H](C)NC(=O)[C@@H](CC(C)C)OC(=O)/C(C)=C/C[C@H](OC(=O)[N-]C)[C@@H]1C.CC.[CH2-]CCCCC.[W+2]. The van der Waals surface area contributed by atoms with Crippen LogP contribution in [0.25, 0.3) is 5.32 Å². The topological polar surface area (TPSA) is 221 Å². The Hall–Kier alpha value is -5.05. The van der Waals surface area contributed by atoms with Crippen molar-refractivity contribution in [3.05, 3.63) is 71.4 Å². The Bertz CT molecular complexity index is 1910. The molecule has 0 aromatic heterocycles. The Morgan fingerprint density at radius 3 is 2.01 bits per heavy atom. The molecule has 18 heteroatoms. The molecule has 1 aromatic rings. The van der Waals surface area contributed by atoms with E-state index in [2.05, 4.69) is 35.1 Å². The number of unbranched alkanes of at least 4 members (excludes halogenated alkanes) is 3. The van der Waals surface area contributed by atoms with E-state index in [1.165, 1.54) is 72.2 Å². The van der Waals surface area contributed by atoms with E-state index < -0.39 is 108 Å². The number of hydrogen-bond acceptors (Lipinski definition) is 11. The number of ether oxygens (including phenoxy) is 3. The van der Waals surface area contributed by atoms with Gasteiger partial charge < -0.3 is 52.2 Å². The van der Waals surface area contributed by atoms with Crippen LogP contribution in [0.3, 0.4) is 0 Å². The number of likely N-dealkylation sites (N-methyl/N-ethyl adjacent to an activating group) is 2. The summed E-state index contributed by atoms with van der Waals surface area (Å²) in [5.41, 5.74) is 1.42. The molecule has 0 saturated heterocycles. The maximum Gasteiger partial charge on any atom is 2.00 e. The number of nitrogens with zero attached hydrogens (tertiary/aromatic N) is 3. The molecule has 1 heterocycles. The third-order valence-corrected chi connectivity index (χ3v) is 12.1. The molecule has 1 aliphatic heterocycles. The van der Waals surface area contributed by atoms with Crippen molar-refractivity contribution >= 4 is 47.6 Å². The van der Waals surface area contributed by atoms with Crippen molar-refractivity contribution in [2.45, 2.75) is 184 Å². The summed E-state index contributed by atoms with van der Waals surface area (Å²) in [6.07, 6.45) is 4.74. The molecule has 17 nitrogen and oxygen atoms in total. The Labute approximate surface area is 445 Å². The molecule has 0 fully saturated rings. The van der Waals surface area contributed by atoms with Crippen LogP contribution in [0.1, 0.15) is 141 Å². The molecular weight excluding hydrogens is 1090 g/mol. The first-order valence-corrected chi connectivity index (χ1v) is 25.2. The molecule has 1 aliphatic rings. The minimum atomic E-state index is -1.30. The number of esters is 2. The predicted molar refractivity (Wildman–Crippen MR) is 278 cm³/mol. The summed E-state index contributed by atoms with van der Waals surface area (Å²) in [4.78, 5) is 111. The zero-order valence-electron chi connectivity index (χ0n) is 46.1. The van der Waals surface area contributed by atoms with Gasteiger partial charge in [0.15, 0.2) is 6.10 Å². The fourth-order valence-electron chi connectivity index (χ4n) is 7.30. The van der Waals surface area contributed by atoms with Gasteiger partial charge in [-0.15, -0.1) is 7.05 Å². The number of carbonyl (C=O) groups is 8. The number of carbonyl (C=O) groups excluding carboxylic acids is 8. The average Bonchev–Trinajstić information content (AvgIpc) is 3.35. The first-order valence-electron chi connectivity index (χ1n) is 25.2. The Morgan fingerprint density at radius 1 is 0.903 bits per heavy atom. The number of cyclic esters (lactones) is 2. The van der Waals surface area contributed by atoms with E-state index in [0.29, 0.717) is 12.0 Å². The summed E-state index contributed by atoms with van der Waals surface area (Å²) in [6, 6.07) is 4.37. The largest absolute Gasteiger partial charge is 2.00 e. The number of allylic oxidation sites excluding steroid dienone is 1. The summed E-state index contributed by atoms with van der Waals surface area (Å²) >= 11 is 0. The van der Waals surface area contributed by atoms with Gasteiger partial charge in [-0.05, 0) is 64.0 Å². The Morgan fingerprint density at radius 2 is 1.50 bits per heavy atom. The molecule has 406 valence electrons. The molecule has 6 amide bonds. The molecule has 9 atom stereocenters. The van der Waals surface area contributed by atoms with Gasteiger partial charge in [0.25, 0.3) is 5.91 Å². The summed E-state index contributed by atoms with van der Waals surface area (Å²) in [7, 11) is 4.09. The molecule has 3 N–H and O–H groups in total. The smallest absolute Gasteiger partial charge is 0.620 e. The maximum atomic E-state index is 14.2. The number of amides is 6. The van der Waals surface area contributed by atoms with Crippen molar-refractivity contribution in [1.82, 2.24) is 25.8 Å². The van der Waals surface area contributed by atoms with Gasteiger partial charge in [-0.25, -0.2) is 9.59 Å². The second-order valence-electron chi connectivity index (χ2n) is 18.3. The van der Waals surface area contributed by atoms with Gasteiger partial charge in [0.05, 0.1) is 6.54 Å². The van der Waals surface area contributed by atoms with E-state index in [-0.39, 0.29) is 51.8 Å². The Balaban J connectivity index is 0. The summed E-state index contributed by atoms with van der Waals surface area (Å²) in [5.74, 6) is -6.13. The van der Waals surface area contributed by atoms with Crippen molar-refractivity contribution < 1.29 is 73.6 Å². The zero-order chi connectivity index (χ0) is 54.5. The Kier molecular flexibility index (Phi) is 35.3. The zero-order valence-corrected chi connectivity index (χ0v) is 49.1. The third-order valence-electron chi connectivity index (χ3n) is 12.1. The van der Waals surface area contributed by atoms with Crippen LogP contribution in [0.5, 0.6) is 0 Å². The summed E-state index contributed by atoms with van der Waals surface area (Å²) in [5, 5.41) is 11.6. The van der Waals surface area contributed by atoms with Crippen LogP contribution in [-0.2, 0) is 75.3 Å². The molecule has 0 saturated carbocycles. The molecule has 72 heavy (non-hydrogen) atoms. The number of rotatable bonds is 11. The van der Waals surface area contributed by atoms with E-state index in [4.69, 9.17) is 14.2 Å². The fraction of sp³-hybridized carbons (Fsp3) is 0.648. The van der Waals surface area contributed by atoms with Crippen LogP contribution in [0, 0.1) is 24.7 Å². The van der Waals surface area contributed by atoms with Crippen molar-refractivity contribution in [2.75, 3.05) is 27.7 Å². The summed E-state index contributed by atoms with van der Waals surface area (Å²) in [6.45, 7) is 26.3. The molecule has 0 radical (unpaired) electrons. The van der Waals surface area contributed by atoms with E-state index in [1.54, 1.807) is 58.0 Å². The van der Waals surface area contributed by atoms with Crippen LogP contribution in [-0.4, -0.2) is 128 Å². The molecule has 1 unspecified atom stereocenters. The number of nitrogens with one attached hydrogen (secondary N) is 3. The van der Waals surface area contributed by atoms with Crippen molar-refractivity contribution in [3.63, 3.8) is 0 Å². The average molecular weight is 1180 g/mol. The minimum absolute atomic E-state index is 0. The van der Waals surface area contributed by atoms with Crippen LogP contribution in [0.2, 0.25) is 0 Å². The first-order chi connectivity index (χ1) is 33.5. The monoisotopic (exact) mass is 1180 g/mol. The summed E-state index contributed by atoms with van der Waals surface area (Å²) < 4.78 is 17.4. The van der Waals surface area contributed by atoms with E-state index in [1.807, 2.05) is 40.7 Å². The minimum Gasteiger partial charge on any atom is -0.620 e. The van der Waals surface area contributed by atoms with Gasteiger partial charge in [0.2, 0.25) is 29.7 Å². The first kappa shape index (κ1) is 69.0. The molecule has 0 aliphatic carbocycles. The van der Waals surface area contributed by atoms with Crippen molar-refractivity contribution in [2.24, 2.45) is 17.8 Å². The second kappa shape index (κ2) is 36.8. The van der Waals surface area contributed by atoms with Crippen molar-refractivity contribution in [1.29, 1.82) is 0 Å². The van der Waals surface area contributed by atoms with Crippen LogP contribution >= 0.6 is 0 Å². The van der Waals surface area contributed by atoms with Crippen LogP contribution < -0.4 is 16.0 Å². The standard InChI is InChI=1S/C46H70N6O11.C6H13.C2H6.W/c1-14-27(5)38-41(55)49-32(10)45(59)63-39(28(6)15-2)30(8)35(62-46(60)47-11)22-21-29(7)44(58)61-36(23-26(3)4)40(54)48-31(9)42(56)52(13)34(24-33-19-17-16-18-20-33)43(57)51(12)25-37(53)50-38;1-3-5-6-4-2;1-2;/h15-21,26-27,30-32,34-36,38-39H,14,22-25H2,1-13H3,(H4,47,48,49,50,53,54,55,60);1,3-6H2,2H3;1-2H3;/q;-1;;+2/p-1/b28-15+,29-21+;;;/t27?,30-,31-,32+,34+,35-,36+,38-,39+;;;/m0.../s1. The fourth-order valence-corrected chi connectivity index (χ4v) is 7.30. The van der Waals surface area contributed by atoms with E-state index >= 15 is 0 Å².